The summed E-state index contributed by atoms with van der Waals surface area (Å²) in [4.78, 5) is 15.2. The second-order valence-electron chi connectivity index (χ2n) is 5.62. The average Bonchev–Trinajstić information content (AvgIpc) is 2.46. The molecule has 0 saturated heterocycles. The van der Waals surface area contributed by atoms with Crippen LogP contribution < -0.4 is 0 Å². The van der Waals surface area contributed by atoms with Gasteiger partial charge in [0.1, 0.15) is 0 Å². The van der Waals surface area contributed by atoms with E-state index in [1.165, 1.54) is 5.56 Å². The van der Waals surface area contributed by atoms with E-state index in [2.05, 4.69) is 22.0 Å². The molecule has 0 aliphatic heterocycles. The Morgan fingerprint density at radius 1 is 1.43 bits per heavy atom. The molecule has 1 aliphatic rings. The second-order valence-corrected chi connectivity index (χ2v) is 7.56. The van der Waals surface area contributed by atoms with Gasteiger partial charge in [0.2, 0.25) is 5.91 Å². The number of carbonyl (C=O) groups is 1. The van der Waals surface area contributed by atoms with Crippen LogP contribution in [0.25, 0.3) is 0 Å². The fourth-order valence-corrected chi connectivity index (χ4v) is 4.15. The molecule has 0 spiro atoms. The van der Waals surface area contributed by atoms with Gasteiger partial charge in [0.15, 0.2) is 0 Å². The molecule has 2 atom stereocenters. The maximum absolute atomic E-state index is 12.3. The summed E-state index contributed by atoms with van der Waals surface area (Å²) in [5.74, 6) is 0.510. The molecule has 2 unspecified atom stereocenters. The Bertz CT molecular complexity index is 509. The number of aryl methyl sites for hydroxylation is 1. The molecule has 1 fully saturated rings. The highest BCUT2D eigenvalue weighted by molar-refractivity contribution is 9.10. The van der Waals surface area contributed by atoms with Crippen molar-refractivity contribution in [3.8, 4) is 0 Å². The lowest BCUT2D eigenvalue weighted by atomic mass is 9.91. The average molecular weight is 372 g/mol. The number of carbonyl (C=O) groups excluding carboxylic acids is 1. The van der Waals surface area contributed by atoms with Gasteiger partial charge in [0.25, 0.3) is 0 Å². The lowest BCUT2D eigenvalue weighted by Crippen LogP contribution is -2.46. The van der Waals surface area contributed by atoms with Crippen LogP contribution in [-0.4, -0.2) is 40.9 Å². The van der Waals surface area contributed by atoms with Crippen LogP contribution in [0.3, 0.4) is 0 Å². The maximum Gasteiger partial charge on any atom is 0.233 e. The third-order valence-corrected chi connectivity index (χ3v) is 5.73. The van der Waals surface area contributed by atoms with E-state index in [1.807, 2.05) is 26.1 Å². The summed E-state index contributed by atoms with van der Waals surface area (Å²) in [7, 11) is 1.82. The molecule has 21 heavy (non-hydrogen) atoms. The number of rotatable bonds is 4. The predicted molar refractivity (Wildman–Crippen MR) is 90.6 cm³/mol. The second kappa shape index (κ2) is 7.65. The standard InChI is InChI=1S/C16H22BrNO2S/c1-11-9-12(17)7-8-15(11)21-10-16(20)18(2)13-5-3-4-6-14(13)19/h7-9,13-14,19H,3-6,10H2,1-2H3. The van der Waals surface area contributed by atoms with E-state index in [9.17, 15) is 9.90 Å². The summed E-state index contributed by atoms with van der Waals surface area (Å²) in [5, 5.41) is 10.0. The third kappa shape index (κ3) is 4.47. The Hall–Kier alpha value is -0.520. The fraction of sp³-hybridized carbons (Fsp3) is 0.562. The Kier molecular flexibility index (Phi) is 6.14. The molecule has 0 aromatic heterocycles. The van der Waals surface area contributed by atoms with Gasteiger partial charge in [-0.2, -0.15) is 0 Å². The largest absolute Gasteiger partial charge is 0.391 e. The summed E-state index contributed by atoms with van der Waals surface area (Å²) in [6.45, 7) is 2.05. The number of halogens is 1. The number of hydrogen-bond acceptors (Lipinski definition) is 3. The van der Waals surface area contributed by atoms with Crippen molar-refractivity contribution < 1.29 is 9.90 Å². The highest BCUT2D eigenvalue weighted by atomic mass is 79.9. The minimum atomic E-state index is -0.368. The molecule has 1 aliphatic carbocycles. The summed E-state index contributed by atoms with van der Waals surface area (Å²) in [6, 6.07) is 6.07. The molecular formula is C16H22BrNO2S. The van der Waals surface area contributed by atoms with Crippen molar-refractivity contribution in [3.05, 3.63) is 28.2 Å². The van der Waals surface area contributed by atoms with Crippen molar-refractivity contribution in [2.75, 3.05) is 12.8 Å². The number of aliphatic hydroxyl groups excluding tert-OH is 1. The van der Waals surface area contributed by atoms with Crippen molar-refractivity contribution in [2.24, 2.45) is 0 Å². The topological polar surface area (TPSA) is 40.5 Å². The van der Waals surface area contributed by atoms with Crippen molar-refractivity contribution in [1.29, 1.82) is 0 Å². The number of thioether (sulfide) groups is 1. The van der Waals surface area contributed by atoms with Gasteiger partial charge in [0, 0.05) is 16.4 Å². The van der Waals surface area contributed by atoms with Crippen LogP contribution in [0.15, 0.2) is 27.6 Å². The first-order valence-corrected chi connectivity index (χ1v) is 9.09. The van der Waals surface area contributed by atoms with Crippen LogP contribution in [0.1, 0.15) is 31.2 Å². The van der Waals surface area contributed by atoms with Gasteiger partial charge in [-0.3, -0.25) is 4.79 Å². The van der Waals surface area contributed by atoms with Crippen molar-refractivity contribution in [1.82, 2.24) is 4.90 Å². The summed E-state index contributed by atoms with van der Waals surface area (Å²) in [5.41, 5.74) is 1.17. The zero-order valence-electron chi connectivity index (χ0n) is 12.5. The monoisotopic (exact) mass is 371 g/mol. The maximum atomic E-state index is 12.3. The zero-order chi connectivity index (χ0) is 15.4. The molecule has 1 aromatic rings. The van der Waals surface area contributed by atoms with Gasteiger partial charge in [-0.05, 0) is 43.5 Å². The Morgan fingerprint density at radius 2 is 2.14 bits per heavy atom. The molecule has 0 radical (unpaired) electrons. The van der Waals surface area contributed by atoms with Crippen LogP contribution in [0.2, 0.25) is 0 Å². The lowest BCUT2D eigenvalue weighted by molar-refractivity contribution is -0.132. The van der Waals surface area contributed by atoms with E-state index >= 15 is 0 Å². The quantitative estimate of drug-likeness (QED) is 0.821. The summed E-state index contributed by atoms with van der Waals surface area (Å²) >= 11 is 5.01. The van der Waals surface area contributed by atoms with E-state index < -0.39 is 0 Å². The molecule has 1 saturated carbocycles. The summed E-state index contributed by atoms with van der Waals surface area (Å²) < 4.78 is 1.05. The highest BCUT2D eigenvalue weighted by Crippen LogP contribution is 2.27. The first-order chi connectivity index (χ1) is 9.99. The van der Waals surface area contributed by atoms with Gasteiger partial charge < -0.3 is 10.0 Å². The number of hydrogen-bond donors (Lipinski definition) is 1. The Labute approximate surface area is 139 Å². The minimum Gasteiger partial charge on any atom is -0.391 e. The zero-order valence-corrected chi connectivity index (χ0v) is 14.9. The molecule has 0 heterocycles. The summed E-state index contributed by atoms with van der Waals surface area (Å²) in [6.07, 6.45) is 3.50. The Morgan fingerprint density at radius 3 is 2.81 bits per heavy atom. The third-order valence-electron chi connectivity index (χ3n) is 4.07. The van der Waals surface area contributed by atoms with Crippen LogP contribution in [0.5, 0.6) is 0 Å². The Balaban J connectivity index is 1.91. The van der Waals surface area contributed by atoms with Gasteiger partial charge in [-0.1, -0.05) is 28.8 Å². The first kappa shape index (κ1) is 16.8. The van der Waals surface area contributed by atoms with Gasteiger partial charge in [-0.15, -0.1) is 11.8 Å². The molecule has 0 bridgehead atoms. The molecule has 2 rings (SSSR count). The van der Waals surface area contributed by atoms with Gasteiger partial charge >= 0.3 is 0 Å². The van der Waals surface area contributed by atoms with Crippen LogP contribution >= 0.6 is 27.7 Å². The van der Waals surface area contributed by atoms with E-state index in [4.69, 9.17) is 0 Å². The smallest absolute Gasteiger partial charge is 0.233 e. The van der Waals surface area contributed by atoms with Crippen molar-refractivity contribution in [2.45, 2.75) is 49.6 Å². The molecule has 116 valence electrons. The van der Waals surface area contributed by atoms with E-state index in [-0.39, 0.29) is 18.1 Å². The van der Waals surface area contributed by atoms with Crippen molar-refractivity contribution in [3.63, 3.8) is 0 Å². The highest BCUT2D eigenvalue weighted by Gasteiger charge is 2.29. The molecule has 5 heteroatoms. The van der Waals surface area contributed by atoms with Crippen molar-refractivity contribution >= 4 is 33.6 Å². The van der Waals surface area contributed by atoms with Crippen LogP contribution in [0.4, 0.5) is 0 Å². The fourth-order valence-electron chi connectivity index (χ4n) is 2.74. The number of likely N-dealkylation sites (N-methyl/N-ethyl adjacent to an activating group) is 1. The predicted octanol–water partition coefficient (Wildman–Crippen LogP) is 3.61. The van der Waals surface area contributed by atoms with Crippen LogP contribution in [-0.2, 0) is 4.79 Å². The number of aliphatic hydroxyl groups is 1. The molecular weight excluding hydrogens is 350 g/mol. The SMILES string of the molecule is Cc1cc(Br)ccc1SCC(=O)N(C)C1CCCCC1O. The molecule has 1 N–H and O–H groups in total. The van der Waals surface area contributed by atoms with E-state index in [1.54, 1.807) is 16.7 Å². The number of nitrogens with zero attached hydrogens (tertiary/aromatic N) is 1. The normalized spacial score (nSPS) is 22.1. The van der Waals surface area contributed by atoms with E-state index in [0.717, 1.165) is 35.1 Å². The number of benzene rings is 1. The lowest BCUT2D eigenvalue weighted by Gasteiger charge is -2.35. The van der Waals surface area contributed by atoms with Gasteiger partial charge in [-0.25, -0.2) is 0 Å². The molecule has 1 amide bonds. The minimum absolute atomic E-state index is 0.0159. The number of amides is 1. The van der Waals surface area contributed by atoms with Crippen LogP contribution in [0, 0.1) is 6.92 Å². The van der Waals surface area contributed by atoms with Gasteiger partial charge in [0.05, 0.1) is 17.9 Å². The first-order valence-electron chi connectivity index (χ1n) is 7.31. The van der Waals surface area contributed by atoms with E-state index in [0.29, 0.717) is 5.75 Å². The molecule has 1 aromatic carbocycles. The molecule has 3 nitrogen and oxygen atoms in total.